The van der Waals surface area contributed by atoms with Crippen LogP contribution in [-0.4, -0.2) is 43.2 Å². The molecule has 1 aliphatic heterocycles. The van der Waals surface area contributed by atoms with Crippen molar-refractivity contribution in [1.29, 1.82) is 0 Å². The number of halogens is 2. The number of nitrogens with two attached hydrogens (primary N) is 1. The van der Waals surface area contributed by atoms with E-state index in [2.05, 4.69) is 35.0 Å². The predicted molar refractivity (Wildman–Crippen MR) is 94.2 cm³/mol. The Kier molecular flexibility index (Phi) is 8.39. The molecule has 124 valence electrons. The molecule has 0 bridgehead atoms. The van der Waals surface area contributed by atoms with Gasteiger partial charge in [0.05, 0.1) is 12.7 Å². The van der Waals surface area contributed by atoms with Gasteiger partial charge in [-0.3, -0.25) is 4.79 Å². The Balaban J connectivity index is 0.00000242. The lowest BCUT2D eigenvalue weighted by molar-refractivity contribution is -0.142. The van der Waals surface area contributed by atoms with Crippen LogP contribution in [-0.2, 0) is 16.0 Å². The molecule has 0 aliphatic carbocycles. The van der Waals surface area contributed by atoms with Gasteiger partial charge in [-0.25, -0.2) is 0 Å². The summed E-state index contributed by atoms with van der Waals surface area (Å²) in [4.78, 5) is 14.6. The predicted octanol–water partition coefficient (Wildman–Crippen LogP) is 2.63. The van der Waals surface area contributed by atoms with E-state index >= 15 is 0 Å². The monoisotopic (exact) mass is 390 g/mol. The van der Waals surface area contributed by atoms with Gasteiger partial charge >= 0.3 is 0 Å². The molecule has 6 heteroatoms. The first-order valence-corrected chi connectivity index (χ1v) is 8.28. The standard InChI is InChI=1S/C16H23BrN2O2.ClH/c1-2-13(8-12-4-3-5-14(17)9-12)16(20)19-6-7-21-15(10-18)11-19;/h3-5,9,13,15H,2,6-8,10-11,18H2,1H3;1H. The molecule has 2 unspecified atom stereocenters. The third kappa shape index (κ3) is 5.23. The fraction of sp³-hybridized carbons (Fsp3) is 0.562. The fourth-order valence-electron chi connectivity index (χ4n) is 2.68. The number of amides is 1. The second-order valence-electron chi connectivity index (χ2n) is 5.45. The molecule has 0 aromatic heterocycles. The molecule has 2 rings (SSSR count). The van der Waals surface area contributed by atoms with Crippen LogP contribution in [0.4, 0.5) is 0 Å². The fourth-order valence-corrected chi connectivity index (χ4v) is 3.12. The van der Waals surface area contributed by atoms with Crippen molar-refractivity contribution in [3.05, 3.63) is 34.3 Å². The van der Waals surface area contributed by atoms with Crippen molar-refractivity contribution in [1.82, 2.24) is 4.90 Å². The van der Waals surface area contributed by atoms with E-state index in [1.807, 2.05) is 17.0 Å². The maximum Gasteiger partial charge on any atom is 0.226 e. The number of carbonyl (C=O) groups excluding carboxylic acids is 1. The molecule has 4 nitrogen and oxygen atoms in total. The number of hydrogen-bond acceptors (Lipinski definition) is 3. The van der Waals surface area contributed by atoms with Crippen LogP contribution >= 0.6 is 28.3 Å². The third-order valence-corrected chi connectivity index (χ3v) is 4.42. The van der Waals surface area contributed by atoms with Crippen molar-refractivity contribution in [2.45, 2.75) is 25.9 Å². The highest BCUT2D eigenvalue weighted by molar-refractivity contribution is 9.10. The van der Waals surface area contributed by atoms with Gasteiger partial charge in [0.25, 0.3) is 0 Å². The van der Waals surface area contributed by atoms with Crippen LogP contribution in [0.25, 0.3) is 0 Å². The van der Waals surface area contributed by atoms with Gasteiger partial charge in [-0.05, 0) is 30.5 Å². The van der Waals surface area contributed by atoms with Gasteiger partial charge < -0.3 is 15.4 Å². The number of ether oxygens (including phenoxy) is 1. The van der Waals surface area contributed by atoms with E-state index in [4.69, 9.17) is 10.5 Å². The van der Waals surface area contributed by atoms with E-state index in [-0.39, 0.29) is 30.3 Å². The quantitative estimate of drug-likeness (QED) is 0.839. The molecule has 1 aromatic carbocycles. The van der Waals surface area contributed by atoms with E-state index in [0.29, 0.717) is 26.2 Å². The summed E-state index contributed by atoms with van der Waals surface area (Å²) < 4.78 is 6.58. The highest BCUT2D eigenvalue weighted by Crippen LogP contribution is 2.19. The van der Waals surface area contributed by atoms with Gasteiger partial charge in [0.15, 0.2) is 0 Å². The lowest BCUT2D eigenvalue weighted by atomic mass is 9.95. The number of carbonyl (C=O) groups is 1. The zero-order valence-corrected chi connectivity index (χ0v) is 15.2. The van der Waals surface area contributed by atoms with E-state index < -0.39 is 0 Å². The average Bonchev–Trinajstić information content (AvgIpc) is 2.52. The van der Waals surface area contributed by atoms with Crippen molar-refractivity contribution < 1.29 is 9.53 Å². The van der Waals surface area contributed by atoms with Crippen LogP contribution in [0.3, 0.4) is 0 Å². The lowest BCUT2D eigenvalue weighted by Gasteiger charge is -2.34. The summed E-state index contributed by atoms with van der Waals surface area (Å²) in [7, 11) is 0. The maximum absolute atomic E-state index is 12.7. The van der Waals surface area contributed by atoms with E-state index in [9.17, 15) is 4.79 Å². The molecule has 22 heavy (non-hydrogen) atoms. The summed E-state index contributed by atoms with van der Waals surface area (Å²) in [5.74, 6) is 0.245. The summed E-state index contributed by atoms with van der Waals surface area (Å²) in [6.07, 6.45) is 1.60. The van der Waals surface area contributed by atoms with E-state index in [0.717, 1.165) is 17.3 Å². The molecule has 1 aliphatic rings. The number of rotatable bonds is 5. The van der Waals surface area contributed by atoms with Gasteiger partial charge in [-0.2, -0.15) is 0 Å². The summed E-state index contributed by atoms with van der Waals surface area (Å²) >= 11 is 3.48. The molecule has 2 N–H and O–H groups in total. The summed E-state index contributed by atoms with van der Waals surface area (Å²) in [6, 6.07) is 8.16. The van der Waals surface area contributed by atoms with Crippen LogP contribution in [0.1, 0.15) is 18.9 Å². The molecule has 0 saturated carbocycles. The van der Waals surface area contributed by atoms with Gasteiger partial charge in [0.1, 0.15) is 0 Å². The minimum atomic E-state index is -0.0222. The molecule has 1 fully saturated rings. The average molecular weight is 392 g/mol. The third-order valence-electron chi connectivity index (χ3n) is 3.93. The minimum Gasteiger partial charge on any atom is -0.373 e. The zero-order valence-electron chi connectivity index (χ0n) is 12.8. The van der Waals surface area contributed by atoms with Gasteiger partial charge in [-0.1, -0.05) is 35.0 Å². The Labute approximate surface area is 146 Å². The zero-order chi connectivity index (χ0) is 15.2. The van der Waals surface area contributed by atoms with Crippen LogP contribution < -0.4 is 5.73 Å². The first kappa shape index (κ1) is 19.4. The first-order chi connectivity index (χ1) is 10.1. The van der Waals surface area contributed by atoms with Crippen molar-refractivity contribution in [2.75, 3.05) is 26.2 Å². The largest absolute Gasteiger partial charge is 0.373 e. The molecular weight excluding hydrogens is 368 g/mol. The second-order valence-corrected chi connectivity index (χ2v) is 6.37. The van der Waals surface area contributed by atoms with Crippen LogP contribution in [0, 0.1) is 5.92 Å². The summed E-state index contributed by atoms with van der Waals surface area (Å²) in [5.41, 5.74) is 6.83. The maximum atomic E-state index is 12.7. The van der Waals surface area contributed by atoms with Crippen molar-refractivity contribution >= 4 is 34.2 Å². The molecular formula is C16H24BrClN2O2. The SMILES string of the molecule is CCC(Cc1cccc(Br)c1)C(=O)N1CCOC(CN)C1.Cl. The number of morpholine rings is 1. The van der Waals surface area contributed by atoms with Crippen molar-refractivity contribution in [3.8, 4) is 0 Å². The Morgan fingerprint density at radius 2 is 2.32 bits per heavy atom. The van der Waals surface area contributed by atoms with Gasteiger partial charge in [-0.15, -0.1) is 12.4 Å². The molecule has 2 atom stereocenters. The Hall–Kier alpha value is -0.620. The smallest absolute Gasteiger partial charge is 0.226 e. The molecule has 0 spiro atoms. The highest BCUT2D eigenvalue weighted by atomic mass is 79.9. The van der Waals surface area contributed by atoms with Crippen molar-refractivity contribution in [2.24, 2.45) is 11.7 Å². The van der Waals surface area contributed by atoms with Crippen LogP contribution in [0.2, 0.25) is 0 Å². The lowest BCUT2D eigenvalue weighted by Crippen LogP contribution is -2.50. The van der Waals surface area contributed by atoms with Crippen LogP contribution in [0.5, 0.6) is 0 Å². The van der Waals surface area contributed by atoms with Gasteiger partial charge in [0, 0.05) is 30.0 Å². The Bertz CT molecular complexity index is 487. The topological polar surface area (TPSA) is 55.6 Å². The van der Waals surface area contributed by atoms with E-state index in [1.54, 1.807) is 0 Å². The second kappa shape index (κ2) is 9.50. The number of nitrogens with zero attached hydrogens (tertiary/aromatic N) is 1. The number of hydrogen-bond donors (Lipinski definition) is 1. The first-order valence-electron chi connectivity index (χ1n) is 7.49. The summed E-state index contributed by atoms with van der Waals surface area (Å²) in [5, 5.41) is 0. The van der Waals surface area contributed by atoms with E-state index in [1.165, 1.54) is 5.56 Å². The summed E-state index contributed by atoms with van der Waals surface area (Å²) in [6.45, 7) is 4.41. The normalized spacial score (nSPS) is 19.4. The number of benzene rings is 1. The molecule has 1 heterocycles. The van der Waals surface area contributed by atoms with Crippen LogP contribution in [0.15, 0.2) is 28.7 Å². The molecule has 0 radical (unpaired) electrons. The minimum absolute atomic E-state index is 0. The van der Waals surface area contributed by atoms with Gasteiger partial charge in [0.2, 0.25) is 5.91 Å². The molecule has 1 saturated heterocycles. The Morgan fingerprint density at radius 3 is 2.95 bits per heavy atom. The molecule has 1 aromatic rings. The van der Waals surface area contributed by atoms with Crippen molar-refractivity contribution in [3.63, 3.8) is 0 Å². The molecule has 1 amide bonds. The highest BCUT2D eigenvalue weighted by Gasteiger charge is 2.28. The Morgan fingerprint density at radius 1 is 1.55 bits per heavy atom.